The minimum atomic E-state index is -3.82. The molecule has 176 valence electrons. The molecule has 0 bridgehead atoms. The van der Waals surface area contributed by atoms with Crippen LogP contribution >= 0.6 is 0 Å². The number of halogens is 1. The fourth-order valence-corrected chi connectivity index (χ4v) is 5.40. The van der Waals surface area contributed by atoms with Gasteiger partial charge < -0.3 is 9.30 Å². The molecule has 0 saturated heterocycles. The van der Waals surface area contributed by atoms with Gasteiger partial charge in [0.15, 0.2) is 0 Å². The van der Waals surface area contributed by atoms with E-state index in [0.29, 0.717) is 22.8 Å². The molecule has 2 heterocycles. The van der Waals surface area contributed by atoms with Gasteiger partial charge in [-0.2, -0.15) is 4.31 Å². The number of benzene rings is 2. The van der Waals surface area contributed by atoms with E-state index in [0.717, 1.165) is 9.82 Å². The summed E-state index contributed by atoms with van der Waals surface area (Å²) in [5.74, 6) is -0.513. The van der Waals surface area contributed by atoms with Gasteiger partial charge in [0.05, 0.1) is 29.4 Å². The Hall–Kier alpha value is -2.98. The van der Waals surface area contributed by atoms with Crippen LogP contribution in [-0.2, 0) is 21.9 Å². The Balaban J connectivity index is 1.68. The molecule has 0 spiro atoms. The lowest BCUT2D eigenvalue weighted by Crippen LogP contribution is -2.47. The van der Waals surface area contributed by atoms with Crippen molar-refractivity contribution in [2.45, 2.75) is 38.8 Å². The van der Waals surface area contributed by atoms with Crippen LogP contribution in [0.1, 0.15) is 38.8 Å². The molecular formula is C23H27FN4O4S. The first-order valence-electron chi connectivity index (χ1n) is 10.7. The van der Waals surface area contributed by atoms with Crippen molar-refractivity contribution in [3.8, 4) is 5.75 Å². The minimum Gasteiger partial charge on any atom is -0.487 e. The summed E-state index contributed by atoms with van der Waals surface area (Å²) in [6.07, 6.45) is 0.266. The molecule has 0 aliphatic carbocycles. The van der Waals surface area contributed by atoms with Crippen LogP contribution in [-0.4, -0.2) is 46.1 Å². The van der Waals surface area contributed by atoms with Gasteiger partial charge in [0.2, 0.25) is 21.9 Å². The molecule has 10 heteroatoms. The highest BCUT2D eigenvalue weighted by Crippen LogP contribution is 2.43. The molecule has 1 amide bonds. The molecule has 0 saturated carbocycles. The van der Waals surface area contributed by atoms with Gasteiger partial charge in [0.25, 0.3) is 0 Å². The molecule has 33 heavy (non-hydrogen) atoms. The largest absolute Gasteiger partial charge is 0.487 e. The lowest BCUT2D eigenvalue weighted by Gasteiger charge is -2.41. The number of hydrogen-bond acceptors (Lipinski definition) is 5. The average molecular weight is 475 g/mol. The van der Waals surface area contributed by atoms with E-state index in [1.54, 1.807) is 11.6 Å². The third kappa shape index (κ3) is 4.58. The molecule has 1 aliphatic rings. The van der Waals surface area contributed by atoms with Crippen LogP contribution in [0.4, 0.5) is 10.3 Å². The molecule has 1 unspecified atom stereocenters. The van der Waals surface area contributed by atoms with Crippen LogP contribution < -0.4 is 10.1 Å². The topological polar surface area (TPSA) is 93.5 Å². The van der Waals surface area contributed by atoms with Crippen molar-refractivity contribution >= 4 is 32.9 Å². The molecular weight excluding hydrogens is 447 g/mol. The fraction of sp³-hybridized carbons (Fsp3) is 0.391. The predicted molar refractivity (Wildman–Crippen MR) is 124 cm³/mol. The summed E-state index contributed by atoms with van der Waals surface area (Å²) in [7, 11) is -2.05. The zero-order chi connectivity index (χ0) is 24.0. The maximum Gasteiger partial charge on any atom is 0.242 e. The van der Waals surface area contributed by atoms with Crippen LogP contribution in [0.3, 0.4) is 0 Å². The number of carbonyl (C=O) groups is 1. The molecule has 8 nitrogen and oxygen atoms in total. The second-order valence-electron chi connectivity index (χ2n) is 8.74. The van der Waals surface area contributed by atoms with E-state index >= 15 is 0 Å². The molecule has 1 aromatic heterocycles. The lowest BCUT2D eigenvalue weighted by molar-refractivity contribution is -0.117. The lowest BCUT2D eigenvalue weighted by atomic mass is 9.89. The third-order valence-corrected chi connectivity index (χ3v) is 7.64. The number of hydrogen-bond donors (Lipinski definition) is 1. The van der Waals surface area contributed by atoms with Gasteiger partial charge in [0, 0.05) is 19.0 Å². The normalized spacial score (nSPS) is 17.6. The third-order valence-electron chi connectivity index (χ3n) is 5.81. The number of ether oxygens (including phenoxy) is 1. The summed E-state index contributed by atoms with van der Waals surface area (Å²) in [6, 6.07) is 10.7. The Kier molecular flexibility index (Phi) is 5.92. The Bertz CT molecular complexity index is 1320. The van der Waals surface area contributed by atoms with Crippen molar-refractivity contribution < 1.29 is 22.3 Å². The highest BCUT2D eigenvalue weighted by Gasteiger charge is 2.41. The van der Waals surface area contributed by atoms with Crippen LogP contribution in [0.5, 0.6) is 5.75 Å². The van der Waals surface area contributed by atoms with Crippen molar-refractivity contribution in [1.29, 1.82) is 0 Å². The number of sulfonamides is 1. The van der Waals surface area contributed by atoms with Crippen molar-refractivity contribution in [1.82, 2.24) is 13.9 Å². The minimum absolute atomic E-state index is 0.199. The van der Waals surface area contributed by atoms with E-state index in [1.165, 1.54) is 25.1 Å². The number of para-hydroxylation sites is 2. The Labute approximate surface area is 192 Å². The summed E-state index contributed by atoms with van der Waals surface area (Å²) in [5, 5.41) is 2.72. The molecule has 1 atom stereocenters. The second kappa shape index (κ2) is 8.42. The van der Waals surface area contributed by atoms with Gasteiger partial charge >= 0.3 is 0 Å². The summed E-state index contributed by atoms with van der Waals surface area (Å²) >= 11 is 0. The molecule has 3 aromatic rings. The number of nitrogens with one attached hydrogen (secondary N) is 1. The van der Waals surface area contributed by atoms with Crippen molar-refractivity contribution in [3.63, 3.8) is 0 Å². The van der Waals surface area contributed by atoms with Gasteiger partial charge in [-0.1, -0.05) is 12.1 Å². The molecule has 0 fully saturated rings. The number of amides is 1. The standard InChI is InChI=1S/C23H27FN4O4S/c1-5-33(30,31)28(19-13-23(2,3)32-20-11-10-15(24)12-16(19)20)14-21(29)26-22-25-17-8-6-7-9-18(17)27(22)4/h6-12,19H,5,13-14H2,1-4H3,(H,25,26,29). The number of fused-ring (bicyclic) bond motifs is 2. The van der Waals surface area contributed by atoms with Gasteiger partial charge in [-0.15, -0.1) is 0 Å². The van der Waals surface area contributed by atoms with Crippen molar-refractivity contribution in [2.75, 3.05) is 17.6 Å². The second-order valence-corrected chi connectivity index (χ2v) is 11.0. The smallest absolute Gasteiger partial charge is 0.242 e. The maximum absolute atomic E-state index is 14.1. The quantitative estimate of drug-likeness (QED) is 0.589. The average Bonchev–Trinajstić information content (AvgIpc) is 3.07. The summed E-state index contributed by atoms with van der Waals surface area (Å²) in [4.78, 5) is 17.4. The first-order chi connectivity index (χ1) is 15.5. The van der Waals surface area contributed by atoms with Crippen LogP contribution in [0, 0.1) is 5.82 Å². The Morgan fingerprint density at radius 1 is 1.30 bits per heavy atom. The molecule has 1 N–H and O–H groups in total. The van der Waals surface area contributed by atoms with Gasteiger partial charge in [-0.25, -0.2) is 17.8 Å². The van der Waals surface area contributed by atoms with E-state index in [4.69, 9.17) is 4.74 Å². The van der Waals surface area contributed by atoms with Crippen LogP contribution in [0.15, 0.2) is 42.5 Å². The SMILES string of the molecule is CCS(=O)(=O)N(CC(=O)Nc1nc2ccccc2n1C)C1CC(C)(C)Oc2ccc(F)cc21. The monoisotopic (exact) mass is 474 g/mol. The predicted octanol–water partition coefficient (Wildman–Crippen LogP) is 3.61. The number of carbonyl (C=O) groups excluding carboxylic acids is 1. The molecule has 4 rings (SSSR count). The van der Waals surface area contributed by atoms with E-state index in [1.807, 2.05) is 38.1 Å². The van der Waals surface area contributed by atoms with Crippen LogP contribution in [0.2, 0.25) is 0 Å². The van der Waals surface area contributed by atoms with E-state index in [2.05, 4.69) is 10.3 Å². The zero-order valence-corrected chi connectivity index (χ0v) is 19.8. The van der Waals surface area contributed by atoms with Crippen molar-refractivity contribution in [2.24, 2.45) is 7.05 Å². The number of aryl methyl sites for hydroxylation is 1. The number of nitrogens with zero attached hydrogens (tertiary/aromatic N) is 3. The van der Waals surface area contributed by atoms with E-state index < -0.39 is 39.9 Å². The summed E-state index contributed by atoms with van der Waals surface area (Å²) in [6.45, 7) is 4.75. The molecule has 1 aliphatic heterocycles. The number of aromatic nitrogens is 2. The summed E-state index contributed by atoms with van der Waals surface area (Å²) in [5.41, 5.74) is 1.25. The molecule has 2 aromatic carbocycles. The van der Waals surface area contributed by atoms with Gasteiger partial charge in [-0.3, -0.25) is 10.1 Å². The van der Waals surface area contributed by atoms with E-state index in [9.17, 15) is 17.6 Å². The van der Waals surface area contributed by atoms with Crippen molar-refractivity contribution in [3.05, 3.63) is 53.8 Å². The van der Waals surface area contributed by atoms with Crippen LogP contribution in [0.25, 0.3) is 11.0 Å². The van der Waals surface area contributed by atoms with Gasteiger partial charge in [0.1, 0.15) is 17.2 Å². The Morgan fingerprint density at radius 2 is 2.03 bits per heavy atom. The van der Waals surface area contributed by atoms with E-state index in [-0.39, 0.29) is 12.2 Å². The zero-order valence-electron chi connectivity index (χ0n) is 19.0. The Morgan fingerprint density at radius 3 is 2.73 bits per heavy atom. The highest BCUT2D eigenvalue weighted by atomic mass is 32.2. The summed E-state index contributed by atoms with van der Waals surface area (Å²) < 4.78 is 49.1. The van der Waals surface area contributed by atoms with Gasteiger partial charge in [-0.05, 0) is 51.1 Å². The maximum atomic E-state index is 14.1. The first kappa shape index (κ1) is 23.2. The molecule has 0 radical (unpaired) electrons. The number of rotatable bonds is 6. The fourth-order valence-electron chi connectivity index (χ4n) is 4.18. The number of imidazole rings is 1. The first-order valence-corrected chi connectivity index (χ1v) is 12.3. The number of anilines is 1. The highest BCUT2D eigenvalue weighted by molar-refractivity contribution is 7.89.